The minimum Gasteiger partial charge on any atom is -0.263 e. The third kappa shape index (κ3) is 4.79. The van der Waals surface area contributed by atoms with E-state index in [1.54, 1.807) is 0 Å². The summed E-state index contributed by atoms with van der Waals surface area (Å²) in [5.74, 6) is 0.702. The van der Waals surface area contributed by atoms with Crippen LogP contribution in [0.25, 0.3) is 77.7 Å². The molecule has 0 saturated carbocycles. The van der Waals surface area contributed by atoms with E-state index in [2.05, 4.69) is 182 Å². The van der Waals surface area contributed by atoms with E-state index in [4.69, 9.17) is 15.0 Å². The van der Waals surface area contributed by atoms with Crippen molar-refractivity contribution in [2.45, 2.75) is 15.2 Å². The van der Waals surface area contributed by atoms with Gasteiger partial charge in [-0.2, -0.15) is 0 Å². The maximum atomic E-state index is 5.43. The molecule has 0 unspecified atom stereocenters. The summed E-state index contributed by atoms with van der Waals surface area (Å²) in [6.07, 6.45) is 4.00. The Balaban J connectivity index is 1.18. The maximum absolute atomic E-state index is 5.43. The SMILES string of the molecule is c1ccc(-c2nc(-c3cccc4c3Sc3c(-c5cncc6ccccc56)cccc3C43c4ccccc4-c4ccccc43)cc(-c3cccc4ccccc34)n2)cc1. The molecule has 2 aliphatic rings. The second kappa shape index (κ2) is 13.0. The van der Waals surface area contributed by atoms with Crippen molar-refractivity contribution in [2.75, 3.05) is 0 Å². The summed E-state index contributed by atoms with van der Waals surface area (Å²) in [5.41, 5.74) is 14.4. The summed E-state index contributed by atoms with van der Waals surface area (Å²) in [4.78, 5) is 17.9. The van der Waals surface area contributed by atoms with Crippen LogP contribution in [-0.2, 0) is 5.41 Å². The van der Waals surface area contributed by atoms with Crippen molar-refractivity contribution in [3.05, 3.63) is 223 Å². The van der Waals surface area contributed by atoms with Crippen LogP contribution in [0.3, 0.4) is 0 Å². The highest BCUT2D eigenvalue weighted by Gasteiger charge is 2.51. The molecule has 0 atom stereocenters. The van der Waals surface area contributed by atoms with Crippen molar-refractivity contribution in [1.29, 1.82) is 0 Å². The Hall–Kier alpha value is -7.14. The lowest BCUT2D eigenvalue weighted by Gasteiger charge is -2.41. The van der Waals surface area contributed by atoms with Gasteiger partial charge in [0.1, 0.15) is 0 Å². The zero-order valence-corrected chi connectivity index (χ0v) is 32.1. The van der Waals surface area contributed by atoms with Crippen molar-refractivity contribution in [1.82, 2.24) is 15.0 Å². The molecule has 8 aromatic carbocycles. The molecule has 0 N–H and O–H groups in total. The number of aromatic nitrogens is 3. The van der Waals surface area contributed by atoms with Crippen LogP contribution >= 0.6 is 11.8 Å². The van der Waals surface area contributed by atoms with E-state index in [0.29, 0.717) is 5.82 Å². The summed E-state index contributed by atoms with van der Waals surface area (Å²) >= 11 is 1.86. The van der Waals surface area contributed by atoms with Gasteiger partial charge in [-0.05, 0) is 61.2 Å². The smallest absolute Gasteiger partial charge is 0.160 e. The van der Waals surface area contributed by atoms with Gasteiger partial charge >= 0.3 is 0 Å². The van der Waals surface area contributed by atoms with Gasteiger partial charge in [0.15, 0.2) is 5.82 Å². The number of hydrogen-bond donors (Lipinski definition) is 0. The molecule has 1 aliphatic carbocycles. The first kappa shape index (κ1) is 33.0. The zero-order valence-electron chi connectivity index (χ0n) is 31.3. The average Bonchev–Trinajstić information content (AvgIpc) is 3.59. The Morgan fingerprint density at radius 1 is 0.362 bits per heavy atom. The number of rotatable bonds is 4. The van der Waals surface area contributed by atoms with Crippen molar-refractivity contribution in [3.63, 3.8) is 0 Å². The largest absolute Gasteiger partial charge is 0.263 e. The molecule has 2 aromatic heterocycles. The van der Waals surface area contributed by atoms with E-state index in [9.17, 15) is 0 Å². The fraction of sp³-hybridized carbons (Fsp3) is 0.0185. The van der Waals surface area contributed by atoms with E-state index >= 15 is 0 Å². The third-order valence-electron chi connectivity index (χ3n) is 12.1. The van der Waals surface area contributed by atoms with Crippen molar-refractivity contribution in [3.8, 4) is 56.2 Å². The highest BCUT2D eigenvalue weighted by molar-refractivity contribution is 7.99. The average molecular weight is 756 g/mol. The van der Waals surface area contributed by atoms with Gasteiger partial charge in [-0.15, -0.1) is 0 Å². The Labute approximate surface area is 340 Å². The molecule has 0 fully saturated rings. The van der Waals surface area contributed by atoms with Crippen molar-refractivity contribution < 1.29 is 0 Å². The first-order chi connectivity index (χ1) is 28.8. The second-order valence-electron chi connectivity index (χ2n) is 15.1. The minimum absolute atomic E-state index is 0.569. The lowest BCUT2D eigenvalue weighted by atomic mass is 9.66. The van der Waals surface area contributed by atoms with E-state index in [1.165, 1.54) is 64.9 Å². The number of pyridine rings is 1. The molecule has 3 nitrogen and oxygen atoms in total. The Kier molecular flexibility index (Phi) is 7.38. The number of fused-ring (bicyclic) bond motifs is 11. The molecule has 0 radical (unpaired) electrons. The van der Waals surface area contributed by atoms with E-state index in [1.807, 2.05) is 30.2 Å². The molecule has 0 bridgehead atoms. The third-order valence-corrected chi connectivity index (χ3v) is 13.3. The summed E-state index contributed by atoms with van der Waals surface area (Å²) in [6.45, 7) is 0. The molecule has 12 rings (SSSR count). The quantitative estimate of drug-likeness (QED) is 0.179. The predicted octanol–water partition coefficient (Wildman–Crippen LogP) is 13.7. The molecule has 10 aromatic rings. The summed E-state index contributed by atoms with van der Waals surface area (Å²) in [5, 5.41) is 4.66. The molecular formula is C54H33N3S. The first-order valence-corrected chi connectivity index (χ1v) is 20.5. The van der Waals surface area contributed by atoms with Gasteiger partial charge in [0.05, 0.1) is 16.8 Å². The van der Waals surface area contributed by atoms with Crippen molar-refractivity contribution >= 4 is 33.3 Å². The van der Waals surface area contributed by atoms with E-state index in [0.717, 1.165) is 39.0 Å². The molecule has 270 valence electrons. The van der Waals surface area contributed by atoms with Gasteiger partial charge in [-0.1, -0.05) is 194 Å². The maximum Gasteiger partial charge on any atom is 0.160 e. The van der Waals surface area contributed by atoms with Crippen LogP contribution in [0.2, 0.25) is 0 Å². The monoisotopic (exact) mass is 755 g/mol. The molecule has 58 heavy (non-hydrogen) atoms. The van der Waals surface area contributed by atoms with Gasteiger partial charge in [-0.3, -0.25) is 4.98 Å². The Morgan fingerprint density at radius 2 is 0.862 bits per heavy atom. The zero-order chi connectivity index (χ0) is 38.2. The minimum atomic E-state index is -0.569. The van der Waals surface area contributed by atoms with E-state index < -0.39 is 5.41 Å². The molecule has 4 heteroatoms. The van der Waals surface area contributed by atoms with Gasteiger partial charge in [0.25, 0.3) is 0 Å². The Bertz CT molecular complexity index is 3220. The van der Waals surface area contributed by atoms with Gasteiger partial charge in [0, 0.05) is 49.8 Å². The topological polar surface area (TPSA) is 38.7 Å². The van der Waals surface area contributed by atoms with Gasteiger partial charge < -0.3 is 0 Å². The number of nitrogens with zero attached hydrogens (tertiary/aromatic N) is 3. The molecule has 1 aliphatic heterocycles. The van der Waals surface area contributed by atoms with Crippen LogP contribution in [0, 0.1) is 0 Å². The fourth-order valence-electron chi connectivity index (χ4n) is 9.58. The van der Waals surface area contributed by atoms with E-state index in [-0.39, 0.29) is 0 Å². The summed E-state index contributed by atoms with van der Waals surface area (Å²) < 4.78 is 0. The van der Waals surface area contributed by atoms with Crippen LogP contribution in [-0.4, -0.2) is 15.0 Å². The van der Waals surface area contributed by atoms with Crippen LogP contribution in [0.1, 0.15) is 22.3 Å². The van der Waals surface area contributed by atoms with Crippen molar-refractivity contribution in [2.24, 2.45) is 0 Å². The standard InChI is InChI=1S/C54H33N3S/c1-2-16-35(17-3-1)53-56-49(41-24-12-19-34-15-4-6-20-37(34)41)31-50(57-53)43-26-14-30-48-52(43)58-51-42(44-33-55-32-36-18-5-7-21-38(36)44)25-13-29-47(51)54(48)45-27-10-8-22-39(45)40-23-9-11-28-46(40)54/h1-33H. The van der Waals surface area contributed by atoms with Gasteiger partial charge in [-0.25, -0.2) is 9.97 Å². The molecular weight excluding hydrogens is 723 g/mol. The number of benzene rings is 8. The lowest BCUT2D eigenvalue weighted by Crippen LogP contribution is -2.32. The van der Waals surface area contributed by atoms with Crippen LogP contribution in [0.15, 0.2) is 210 Å². The molecule has 3 heterocycles. The highest BCUT2D eigenvalue weighted by Crippen LogP contribution is 2.64. The van der Waals surface area contributed by atoms with Crippen LogP contribution < -0.4 is 0 Å². The van der Waals surface area contributed by atoms with Crippen LogP contribution in [0.5, 0.6) is 0 Å². The highest BCUT2D eigenvalue weighted by atomic mass is 32.2. The predicted molar refractivity (Wildman–Crippen MR) is 238 cm³/mol. The normalized spacial score (nSPS) is 13.2. The summed E-state index contributed by atoms with van der Waals surface area (Å²) in [6, 6.07) is 67.9. The molecule has 0 saturated heterocycles. The molecule has 1 spiro atoms. The lowest BCUT2D eigenvalue weighted by molar-refractivity contribution is 0.724. The number of hydrogen-bond acceptors (Lipinski definition) is 4. The first-order valence-electron chi connectivity index (χ1n) is 19.7. The second-order valence-corrected chi connectivity index (χ2v) is 16.1. The fourth-order valence-corrected chi connectivity index (χ4v) is 11.0. The summed E-state index contributed by atoms with van der Waals surface area (Å²) in [7, 11) is 0. The van der Waals surface area contributed by atoms with Gasteiger partial charge in [0.2, 0.25) is 0 Å². The Morgan fingerprint density at radius 3 is 1.60 bits per heavy atom. The van der Waals surface area contributed by atoms with Crippen LogP contribution in [0.4, 0.5) is 0 Å². The molecule has 0 amide bonds.